The van der Waals surface area contributed by atoms with Crippen LogP contribution in [0.25, 0.3) is 0 Å². The van der Waals surface area contributed by atoms with Crippen LogP contribution in [0.4, 0.5) is 10.1 Å². The number of hydrogen-bond donors (Lipinski definition) is 3. The van der Waals surface area contributed by atoms with Crippen LogP contribution in [0.15, 0.2) is 48.5 Å². The molecule has 1 atom stereocenters. The molecule has 0 radical (unpaired) electrons. The number of carbonyl (C=O) groups excluding carboxylic acids is 2. The number of piperidine rings is 1. The third-order valence-corrected chi connectivity index (χ3v) is 5.52. The lowest BCUT2D eigenvalue weighted by atomic mass is 9.84. The van der Waals surface area contributed by atoms with Crippen LogP contribution in [0, 0.1) is 17.7 Å². The molecule has 0 aliphatic carbocycles. The van der Waals surface area contributed by atoms with Gasteiger partial charge in [0.05, 0.1) is 0 Å². The van der Waals surface area contributed by atoms with Gasteiger partial charge in [0.2, 0.25) is 5.91 Å². The monoisotopic (exact) mass is 397 g/mol. The Balaban J connectivity index is 1.48. The molecule has 0 bridgehead atoms. The molecule has 0 aromatic heterocycles. The van der Waals surface area contributed by atoms with Gasteiger partial charge < -0.3 is 16.0 Å². The smallest absolute Gasteiger partial charge is 0.251 e. The topological polar surface area (TPSA) is 70.2 Å². The van der Waals surface area contributed by atoms with Gasteiger partial charge in [-0.3, -0.25) is 9.59 Å². The van der Waals surface area contributed by atoms with Crippen LogP contribution in [-0.4, -0.2) is 24.9 Å². The van der Waals surface area contributed by atoms with Crippen molar-refractivity contribution < 1.29 is 14.0 Å². The summed E-state index contributed by atoms with van der Waals surface area (Å²) in [6, 6.07) is 13.1. The van der Waals surface area contributed by atoms with E-state index < -0.39 is 0 Å². The van der Waals surface area contributed by atoms with Gasteiger partial charge in [-0.25, -0.2) is 4.39 Å². The maximum Gasteiger partial charge on any atom is 0.251 e. The number of nitrogens with one attached hydrogen (secondary N) is 3. The predicted octanol–water partition coefficient (Wildman–Crippen LogP) is 3.72. The maximum atomic E-state index is 13.6. The first kappa shape index (κ1) is 21.0. The minimum absolute atomic E-state index is 0.00668. The Morgan fingerprint density at radius 2 is 1.79 bits per heavy atom. The molecule has 1 heterocycles. The van der Waals surface area contributed by atoms with Gasteiger partial charge in [0.1, 0.15) is 5.82 Å². The highest BCUT2D eigenvalue weighted by Gasteiger charge is 2.22. The highest BCUT2D eigenvalue weighted by Crippen LogP contribution is 2.24. The molecule has 3 rings (SSSR count). The molecule has 2 amide bonds. The van der Waals surface area contributed by atoms with E-state index in [9.17, 15) is 14.0 Å². The number of rotatable bonds is 7. The first-order valence-corrected chi connectivity index (χ1v) is 10.1. The lowest BCUT2D eigenvalue weighted by Crippen LogP contribution is -2.32. The average Bonchev–Trinajstić information content (AvgIpc) is 2.74. The number of benzene rings is 2. The summed E-state index contributed by atoms with van der Waals surface area (Å²) in [5.41, 5.74) is 1.56. The van der Waals surface area contributed by atoms with Gasteiger partial charge in [-0.1, -0.05) is 25.1 Å². The highest BCUT2D eigenvalue weighted by molar-refractivity contribution is 5.95. The van der Waals surface area contributed by atoms with Crippen LogP contribution < -0.4 is 16.0 Å². The Morgan fingerprint density at radius 1 is 1.10 bits per heavy atom. The highest BCUT2D eigenvalue weighted by atomic mass is 19.1. The molecule has 3 N–H and O–H groups in total. The zero-order valence-corrected chi connectivity index (χ0v) is 16.7. The first-order chi connectivity index (χ1) is 14.0. The van der Waals surface area contributed by atoms with Gasteiger partial charge >= 0.3 is 0 Å². The molecule has 1 saturated heterocycles. The fourth-order valence-corrected chi connectivity index (χ4v) is 3.71. The van der Waals surface area contributed by atoms with Crippen molar-refractivity contribution in [3.63, 3.8) is 0 Å². The minimum atomic E-state index is -0.343. The van der Waals surface area contributed by atoms with Crippen molar-refractivity contribution in [2.24, 2.45) is 11.8 Å². The third kappa shape index (κ3) is 6.12. The molecule has 1 aliphatic heterocycles. The second kappa shape index (κ2) is 10.2. The summed E-state index contributed by atoms with van der Waals surface area (Å²) >= 11 is 0. The van der Waals surface area contributed by atoms with E-state index in [4.69, 9.17) is 0 Å². The van der Waals surface area contributed by atoms with E-state index in [1.54, 1.807) is 42.5 Å². The van der Waals surface area contributed by atoms with Crippen molar-refractivity contribution in [3.8, 4) is 0 Å². The molecular formula is C23H28FN3O2. The van der Waals surface area contributed by atoms with Gasteiger partial charge in [-0.15, -0.1) is 0 Å². The van der Waals surface area contributed by atoms with Crippen LogP contribution in [-0.2, 0) is 11.3 Å². The van der Waals surface area contributed by atoms with Crippen LogP contribution in [0.3, 0.4) is 0 Å². The Bertz CT molecular complexity index is 832. The van der Waals surface area contributed by atoms with Gasteiger partial charge in [0, 0.05) is 29.8 Å². The summed E-state index contributed by atoms with van der Waals surface area (Å²) in [6.45, 7) is 4.31. The van der Waals surface area contributed by atoms with Gasteiger partial charge in [-0.05, 0) is 68.1 Å². The van der Waals surface area contributed by atoms with Gasteiger partial charge in [0.25, 0.3) is 5.91 Å². The molecule has 0 saturated carbocycles. The van der Waals surface area contributed by atoms with Crippen LogP contribution in [0.5, 0.6) is 0 Å². The van der Waals surface area contributed by atoms with Crippen LogP contribution in [0.2, 0.25) is 0 Å². The molecule has 1 fully saturated rings. The first-order valence-electron chi connectivity index (χ1n) is 10.1. The number of halogens is 1. The van der Waals surface area contributed by atoms with Crippen molar-refractivity contribution in [2.45, 2.75) is 32.7 Å². The fourth-order valence-electron chi connectivity index (χ4n) is 3.71. The molecule has 5 nitrogen and oxygen atoms in total. The van der Waals surface area contributed by atoms with Crippen molar-refractivity contribution in [3.05, 3.63) is 65.5 Å². The van der Waals surface area contributed by atoms with Crippen molar-refractivity contribution in [1.29, 1.82) is 0 Å². The van der Waals surface area contributed by atoms with E-state index in [1.165, 1.54) is 6.07 Å². The molecule has 154 valence electrons. The second-order valence-electron chi connectivity index (χ2n) is 7.67. The number of hydrogen-bond acceptors (Lipinski definition) is 3. The van der Waals surface area contributed by atoms with E-state index in [-0.39, 0.29) is 24.2 Å². The van der Waals surface area contributed by atoms with E-state index in [2.05, 4.69) is 22.9 Å². The number of anilines is 1. The Morgan fingerprint density at radius 3 is 2.48 bits per heavy atom. The quantitative estimate of drug-likeness (QED) is 0.667. The Labute approximate surface area is 171 Å². The molecule has 29 heavy (non-hydrogen) atoms. The summed E-state index contributed by atoms with van der Waals surface area (Å²) in [4.78, 5) is 24.6. The molecule has 2 aromatic rings. The summed E-state index contributed by atoms with van der Waals surface area (Å²) in [5.74, 6) is 0.297. The lowest BCUT2D eigenvalue weighted by Gasteiger charge is -2.27. The average molecular weight is 397 g/mol. The normalized spacial score (nSPS) is 15.5. The van der Waals surface area contributed by atoms with Crippen molar-refractivity contribution in [1.82, 2.24) is 10.6 Å². The summed E-state index contributed by atoms with van der Waals surface area (Å²) in [6.07, 6.45) is 2.73. The van der Waals surface area contributed by atoms with Crippen LogP contribution in [0.1, 0.15) is 42.1 Å². The van der Waals surface area contributed by atoms with E-state index in [0.29, 0.717) is 35.1 Å². The van der Waals surface area contributed by atoms with Gasteiger partial charge in [0.15, 0.2) is 0 Å². The number of carbonyl (C=O) groups is 2. The zero-order valence-electron chi connectivity index (χ0n) is 16.7. The van der Waals surface area contributed by atoms with Gasteiger partial charge in [-0.2, -0.15) is 0 Å². The van der Waals surface area contributed by atoms with E-state index in [1.807, 2.05) is 0 Å². The summed E-state index contributed by atoms with van der Waals surface area (Å²) in [5, 5.41) is 8.96. The molecule has 2 aromatic carbocycles. The molecule has 1 unspecified atom stereocenters. The summed E-state index contributed by atoms with van der Waals surface area (Å²) < 4.78 is 13.6. The predicted molar refractivity (Wildman–Crippen MR) is 112 cm³/mol. The third-order valence-electron chi connectivity index (χ3n) is 5.52. The summed E-state index contributed by atoms with van der Waals surface area (Å²) in [7, 11) is 0. The number of amides is 2. The van der Waals surface area contributed by atoms with Crippen molar-refractivity contribution in [2.75, 3.05) is 18.4 Å². The molecular weight excluding hydrogens is 369 g/mol. The molecule has 6 heteroatoms. The zero-order chi connectivity index (χ0) is 20.6. The lowest BCUT2D eigenvalue weighted by molar-refractivity contribution is -0.117. The Kier molecular flexibility index (Phi) is 7.36. The van der Waals surface area contributed by atoms with E-state index in [0.717, 1.165) is 25.9 Å². The maximum absolute atomic E-state index is 13.6. The SMILES string of the molecule is CC(CC(=O)Nc1ccc(C(=O)NCc2ccccc2F)cc1)C1CCNCC1. The Hall–Kier alpha value is -2.73. The van der Waals surface area contributed by atoms with E-state index >= 15 is 0 Å². The standard InChI is InChI=1S/C23H28FN3O2/c1-16(17-10-12-25-13-11-17)14-22(28)27-20-8-6-18(7-9-20)23(29)26-15-19-4-2-3-5-21(19)24/h2-9,16-17,25H,10-15H2,1H3,(H,26,29)(H,27,28). The minimum Gasteiger partial charge on any atom is -0.348 e. The molecule has 0 spiro atoms. The van der Waals surface area contributed by atoms with Crippen molar-refractivity contribution >= 4 is 17.5 Å². The second-order valence-corrected chi connectivity index (χ2v) is 7.67. The fraction of sp³-hybridized carbons (Fsp3) is 0.391. The molecule has 1 aliphatic rings. The van der Waals surface area contributed by atoms with Crippen LogP contribution >= 0.6 is 0 Å². The largest absolute Gasteiger partial charge is 0.348 e.